The van der Waals surface area contributed by atoms with Crippen molar-refractivity contribution in [3.63, 3.8) is 0 Å². The van der Waals surface area contributed by atoms with Gasteiger partial charge in [-0.1, -0.05) is 6.07 Å². The van der Waals surface area contributed by atoms with Crippen molar-refractivity contribution in [1.29, 1.82) is 5.26 Å². The molecule has 0 aliphatic carbocycles. The van der Waals surface area contributed by atoms with E-state index >= 15 is 0 Å². The number of hydrazine groups is 1. The number of rotatable bonds is 8. The third kappa shape index (κ3) is 7.01. The number of hydrogen-bond acceptors (Lipinski definition) is 9. The number of aromatic nitrogens is 2. The van der Waals surface area contributed by atoms with Gasteiger partial charge in [0.2, 0.25) is 0 Å². The van der Waals surface area contributed by atoms with Crippen LogP contribution < -0.4 is 21.1 Å². The Bertz CT molecular complexity index is 1450. The van der Waals surface area contributed by atoms with Crippen molar-refractivity contribution in [3.8, 4) is 6.07 Å². The molecule has 3 aromatic rings. The largest absolute Gasteiger partial charge is 0.376 e. The molecule has 10 nitrogen and oxygen atoms in total. The van der Waals surface area contributed by atoms with Gasteiger partial charge in [0, 0.05) is 81.4 Å². The molecule has 1 saturated heterocycles. The molecule has 1 aliphatic rings. The number of nitrogens with one attached hydrogen (secondary N) is 1. The maximum Gasteiger partial charge on any atom is 0.255 e. The Morgan fingerprint density at radius 1 is 1.07 bits per heavy atom. The van der Waals surface area contributed by atoms with Crippen LogP contribution in [0.3, 0.4) is 0 Å². The molecular formula is C31H39N9O. The minimum atomic E-state index is -0.741. The van der Waals surface area contributed by atoms with E-state index < -0.39 is 5.41 Å². The fraction of sp³-hybridized carbons (Fsp3) is 0.355. The summed E-state index contributed by atoms with van der Waals surface area (Å²) >= 11 is 0. The third-order valence-corrected chi connectivity index (χ3v) is 7.39. The Kier molecular flexibility index (Phi) is 8.91. The maximum absolute atomic E-state index is 13.6. The fourth-order valence-electron chi connectivity index (χ4n) is 4.66. The second-order valence-electron chi connectivity index (χ2n) is 11.2. The molecule has 0 radical (unpaired) electrons. The predicted molar refractivity (Wildman–Crippen MR) is 164 cm³/mol. The highest BCUT2D eigenvalue weighted by Gasteiger charge is 2.25. The molecule has 1 aromatic heterocycles. The lowest BCUT2D eigenvalue weighted by Crippen LogP contribution is -2.44. The number of likely N-dealkylation sites (N-methyl/N-ethyl adjacent to an activating group) is 1. The van der Waals surface area contributed by atoms with Crippen molar-refractivity contribution in [2.75, 3.05) is 62.5 Å². The van der Waals surface area contributed by atoms with E-state index in [4.69, 9.17) is 5.84 Å². The van der Waals surface area contributed by atoms with Crippen LogP contribution in [-0.2, 0) is 5.41 Å². The Balaban J connectivity index is 1.63. The average molecular weight is 554 g/mol. The van der Waals surface area contributed by atoms with E-state index in [2.05, 4.69) is 38.2 Å². The highest BCUT2D eigenvalue weighted by atomic mass is 16.1. The van der Waals surface area contributed by atoms with Crippen LogP contribution in [0.1, 0.15) is 40.9 Å². The number of piperazine rings is 1. The van der Waals surface area contributed by atoms with Crippen LogP contribution in [0.25, 0.3) is 5.70 Å². The van der Waals surface area contributed by atoms with Gasteiger partial charge in [-0.25, -0.2) is 15.8 Å². The van der Waals surface area contributed by atoms with E-state index in [-0.39, 0.29) is 5.91 Å². The van der Waals surface area contributed by atoms with Crippen molar-refractivity contribution >= 4 is 28.7 Å². The zero-order valence-corrected chi connectivity index (χ0v) is 24.7. The smallest absolute Gasteiger partial charge is 0.255 e. The number of benzene rings is 2. The lowest BCUT2D eigenvalue weighted by Gasteiger charge is -2.35. The average Bonchev–Trinajstić information content (AvgIpc) is 2.97. The number of amides is 1. The van der Waals surface area contributed by atoms with Gasteiger partial charge >= 0.3 is 0 Å². The molecule has 2 aromatic carbocycles. The highest BCUT2D eigenvalue weighted by molar-refractivity contribution is 6.05. The van der Waals surface area contributed by atoms with Crippen LogP contribution in [0, 0.1) is 18.3 Å². The minimum Gasteiger partial charge on any atom is -0.376 e. The maximum atomic E-state index is 13.6. The van der Waals surface area contributed by atoms with Crippen LogP contribution in [0.2, 0.25) is 0 Å². The van der Waals surface area contributed by atoms with Crippen LogP contribution in [0.5, 0.6) is 0 Å². The molecule has 0 atom stereocenters. The van der Waals surface area contributed by atoms with Gasteiger partial charge in [0.1, 0.15) is 6.33 Å². The molecule has 3 N–H and O–H groups in total. The normalized spacial score (nSPS) is 14.4. The Labute approximate surface area is 242 Å². The molecule has 10 heteroatoms. The summed E-state index contributed by atoms with van der Waals surface area (Å²) in [6.07, 6.45) is 6.75. The summed E-state index contributed by atoms with van der Waals surface area (Å²) in [4.78, 5) is 28.3. The first kappa shape index (κ1) is 29.5. The van der Waals surface area contributed by atoms with E-state index in [1.807, 2.05) is 82.4 Å². The van der Waals surface area contributed by atoms with Gasteiger partial charge in [-0.2, -0.15) is 5.26 Å². The van der Waals surface area contributed by atoms with Gasteiger partial charge in [-0.3, -0.25) is 9.80 Å². The van der Waals surface area contributed by atoms with E-state index in [9.17, 15) is 10.1 Å². The standard InChI is InChI=1S/C31H39N9O/c1-22-7-8-26(16-28(22)40(33)19-29(37(4)5)24-17-34-21-35-18-24)36-30(41)23-13-25(31(2,3)20-32)15-27(14-23)39-11-9-38(6)10-12-39/h7-8,13-19,21H,9-12,33H2,1-6H3,(H,36,41)/b29-19-. The molecule has 1 fully saturated rings. The molecule has 41 heavy (non-hydrogen) atoms. The first-order valence-electron chi connectivity index (χ1n) is 13.6. The van der Waals surface area contributed by atoms with Gasteiger partial charge in [0.05, 0.1) is 22.9 Å². The number of nitrogens with two attached hydrogens (primary N) is 1. The Morgan fingerprint density at radius 3 is 2.39 bits per heavy atom. The summed E-state index contributed by atoms with van der Waals surface area (Å²) in [5.41, 5.74) is 5.47. The number of aryl methyl sites for hydroxylation is 1. The predicted octanol–water partition coefficient (Wildman–Crippen LogP) is 3.83. The number of nitrogens with zero attached hydrogens (tertiary/aromatic N) is 7. The number of anilines is 3. The number of nitriles is 1. The summed E-state index contributed by atoms with van der Waals surface area (Å²) in [6, 6.07) is 13.8. The number of carbonyl (C=O) groups is 1. The zero-order valence-electron chi connectivity index (χ0n) is 24.7. The van der Waals surface area contributed by atoms with Gasteiger partial charge in [-0.15, -0.1) is 0 Å². The van der Waals surface area contributed by atoms with Crippen molar-refractivity contribution in [2.45, 2.75) is 26.2 Å². The minimum absolute atomic E-state index is 0.250. The van der Waals surface area contributed by atoms with E-state index in [0.717, 1.165) is 59.9 Å². The van der Waals surface area contributed by atoms with Crippen molar-refractivity contribution < 1.29 is 4.79 Å². The SMILES string of the molecule is Cc1ccc(NC(=O)c2cc(N3CCN(C)CC3)cc(C(C)(C)C#N)c2)cc1N(N)/C=C(/c1cncnc1)N(C)C. The van der Waals surface area contributed by atoms with Crippen LogP contribution in [0.15, 0.2) is 61.3 Å². The highest BCUT2D eigenvalue weighted by Crippen LogP contribution is 2.30. The first-order chi connectivity index (χ1) is 19.5. The van der Waals surface area contributed by atoms with E-state index in [0.29, 0.717) is 11.3 Å². The molecule has 4 rings (SSSR count). The zero-order chi connectivity index (χ0) is 29.7. The molecule has 0 unspecified atom stereocenters. The van der Waals surface area contributed by atoms with E-state index in [1.54, 1.807) is 12.4 Å². The summed E-state index contributed by atoms with van der Waals surface area (Å²) in [5, 5.41) is 14.4. The molecule has 0 bridgehead atoms. The van der Waals surface area contributed by atoms with Crippen molar-refractivity contribution in [2.24, 2.45) is 5.84 Å². The van der Waals surface area contributed by atoms with Gasteiger partial charge < -0.3 is 20.0 Å². The fourth-order valence-corrected chi connectivity index (χ4v) is 4.66. The number of carbonyl (C=O) groups excluding carboxylic acids is 1. The first-order valence-corrected chi connectivity index (χ1v) is 13.6. The summed E-state index contributed by atoms with van der Waals surface area (Å²) in [5.74, 6) is 6.27. The van der Waals surface area contributed by atoms with Gasteiger partial charge in [0.15, 0.2) is 0 Å². The quantitative estimate of drug-likeness (QED) is 0.317. The lowest BCUT2D eigenvalue weighted by molar-refractivity contribution is 0.102. The van der Waals surface area contributed by atoms with E-state index in [1.165, 1.54) is 11.3 Å². The van der Waals surface area contributed by atoms with Crippen molar-refractivity contribution in [3.05, 3.63) is 83.6 Å². The third-order valence-electron chi connectivity index (χ3n) is 7.39. The molecule has 1 amide bonds. The number of hydrogen-bond donors (Lipinski definition) is 2. The van der Waals surface area contributed by atoms with Crippen LogP contribution >= 0.6 is 0 Å². The Hall–Kier alpha value is -4.46. The second kappa shape index (κ2) is 12.4. The van der Waals surface area contributed by atoms with Crippen LogP contribution in [-0.4, -0.2) is 73.0 Å². The molecule has 0 spiro atoms. The van der Waals surface area contributed by atoms with Gasteiger partial charge in [0.25, 0.3) is 5.91 Å². The molecule has 0 saturated carbocycles. The molecule has 2 heterocycles. The second-order valence-corrected chi connectivity index (χ2v) is 11.2. The lowest BCUT2D eigenvalue weighted by atomic mass is 9.85. The molecule has 1 aliphatic heterocycles. The summed E-state index contributed by atoms with van der Waals surface area (Å²) in [6.45, 7) is 9.31. The molecule has 214 valence electrons. The van der Waals surface area contributed by atoms with Crippen molar-refractivity contribution in [1.82, 2.24) is 19.8 Å². The summed E-state index contributed by atoms with van der Waals surface area (Å²) in [7, 11) is 5.96. The molecular weight excluding hydrogens is 514 g/mol. The van der Waals surface area contributed by atoms with Gasteiger partial charge in [-0.05, 0) is 69.3 Å². The Morgan fingerprint density at radius 2 is 1.76 bits per heavy atom. The monoisotopic (exact) mass is 553 g/mol. The topological polar surface area (TPSA) is 118 Å². The van der Waals surface area contributed by atoms with Crippen LogP contribution in [0.4, 0.5) is 17.1 Å². The summed E-state index contributed by atoms with van der Waals surface area (Å²) < 4.78 is 0.